The summed E-state index contributed by atoms with van der Waals surface area (Å²) in [4.78, 5) is 31.0. The van der Waals surface area contributed by atoms with Crippen molar-refractivity contribution in [3.8, 4) is 0 Å². The molecule has 1 aliphatic carbocycles. The highest BCUT2D eigenvalue weighted by molar-refractivity contribution is 7.91. The van der Waals surface area contributed by atoms with Crippen molar-refractivity contribution in [2.45, 2.75) is 91.1 Å². The Hall–Kier alpha value is -2.61. The van der Waals surface area contributed by atoms with Crippen LogP contribution in [0.4, 0.5) is 5.69 Å². The molecule has 1 amide bonds. The number of nitrogens with zero attached hydrogens (tertiary/aromatic N) is 1. The number of anilines is 1. The number of carbonyl (C=O) groups excluding carboxylic acids is 1. The molecule has 0 bridgehead atoms. The Morgan fingerprint density at radius 2 is 1.72 bits per heavy atom. The first-order valence-corrected chi connectivity index (χ1v) is 14.8. The number of aryl methyl sites for hydroxylation is 2. The Morgan fingerprint density at radius 3 is 2.28 bits per heavy atom. The van der Waals surface area contributed by atoms with Crippen LogP contribution in [0.25, 0.3) is 0 Å². The molecule has 1 saturated carbocycles. The molecule has 1 aromatic carbocycles. The fourth-order valence-corrected chi connectivity index (χ4v) is 6.33. The molecule has 0 spiro atoms. The maximum Gasteiger partial charge on any atom is 0.253 e. The highest BCUT2D eigenvalue weighted by Gasteiger charge is 2.28. The third-order valence-electron chi connectivity index (χ3n) is 7.74. The molecule has 0 aliphatic heterocycles. The van der Waals surface area contributed by atoms with Crippen molar-refractivity contribution >= 4 is 21.4 Å². The van der Waals surface area contributed by atoms with Crippen LogP contribution in [0.1, 0.15) is 85.6 Å². The number of nitrogens with one attached hydrogen (secondary N) is 2. The monoisotopic (exact) mass is 515 g/mol. The van der Waals surface area contributed by atoms with Crippen LogP contribution in [-0.2, 0) is 16.4 Å². The largest absolute Gasteiger partial charge is 0.369 e. The molecule has 1 aromatic heterocycles. The van der Waals surface area contributed by atoms with Gasteiger partial charge in [-0.1, -0.05) is 20.3 Å². The predicted molar refractivity (Wildman–Crippen MR) is 146 cm³/mol. The molecule has 2 N–H and O–H groups in total. The Labute approximate surface area is 215 Å². The number of rotatable bonds is 9. The maximum atomic E-state index is 13.4. The van der Waals surface area contributed by atoms with Gasteiger partial charge in [-0.2, -0.15) is 0 Å². The van der Waals surface area contributed by atoms with E-state index in [0.29, 0.717) is 17.2 Å². The number of sulfone groups is 1. The fourth-order valence-electron chi connectivity index (χ4n) is 5.41. The number of carbonyl (C=O) groups is 1. The second-order valence-electron chi connectivity index (χ2n) is 10.0. The van der Waals surface area contributed by atoms with Gasteiger partial charge in [-0.15, -0.1) is 0 Å². The smallest absolute Gasteiger partial charge is 0.253 e. The van der Waals surface area contributed by atoms with Crippen LogP contribution in [0.15, 0.2) is 27.9 Å². The molecule has 0 radical (unpaired) electrons. The predicted octanol–water partition coefficient (Wildman–Crippen LogP) is 4.82. The second kappa shape index (κ2) is 11.6. The van der Waals surface area contributed by atoms with Crippen LogP contribution in [0.2, 0.25) is 0 Å². The molecule has 1 heterocycles. The van der Waals surface area contributed by atoms with Gasteiger partial charge in [-0.05, 0) is 88.6 Å². The van der Waals surface area contributed by atoms with Gasteiger partial charge in [-0.25, -0.2) is 8.42 Å². The molecule has 198 valence electrons. The van der Waals surface area contributed by atoms with Crippen LogP contribution in [-0.4, -0.2) is 37.6 Å². The van der Waals surface area contributed by atoms with Crippen LogP contribution >= 0.6 is 0 Å². The van der Waals surface area contributed by atoms with Crippen molar-refractivity contribution in [2.24, 2.45) is 5.92 Å². The van der Waals surface area contributed by atoms with E-state index in [9.17, 15) is 18.0 Å². The van der Waals surface area contributed by atoms with E-state index in [4.69, 9.17) is 0 Å². The minimum atomic E-state index is -3.53. The first-order valence-electron chi connectivity index (χ1n) is 13.1. The lowest BCUT2D eigenvalue weighted by Crippen LogP contribution is -2.39. The van der Waals surface area contributed by atoms with Gasteiger partial charge in [0.15, 0.2) is 9.84 Å². The lowest BCUT2D eigenvalue weighted by molar-refractivity contribution is 0.0950. The molecule has 1 fully saturated rings. The topological polar surface area (TPSA) is 99.3 Å². The van der Waals surface area contributed by atoms with Crippen LogP contribution < -0.4 is 15.8 Å². The third-order valence-corrected chi connectivity index (χ3v) is 9.46. The zero-order valence-corrected chi connectivity index (χ0v) is 23.3. The van der Waals surface area contributed by atoms with E-state index in [1.54, 1.807) is 13.0 Å². The molecular weight excluding hydrogens is 474 g/mol. The zero-order chi connectivity index (χ0) is 26.6. The number of aromatic nitrogens is 1. The summed E-state index contributed by atoms with van der Waals surface area (Å²) in [6, 6.07) is 5.42. The molecule has 3 rings (SSSR count). The lowest BCUT2D eigenvalue weighted by atomic mass is 9.83. The summed E-state index contributed by atoms with van der Waals surface area (Å²) in [5, 5.41) is 2.86. The summed E-state index contributed by atoms with van der Waals surface area (Å²) in [5.74, 6) is 0.331. The number of hydrogen-bond donors (Lipinski definition) is 2. The molecular formula is C28H41N3O4S. The molecule has 8 heteroatoms. The number of benzene rings is 1. The minimum absolute atomic E-state index is 0.0395. The molecule has 0 saturated heterocycles. The van der Waals surface area contributed by atoms with Crippen molar-refractivity contribution in [3.63, 3.8) is 0 Å². The van der Waals surface area contributed by atoms with Crippen molar-refractivity contribution < 1.29 is 13.2 Å². The number of aromatic amines is 1. The summed E-state index contributed by atoms with van der Waals surface area (Å²) >= 11 is 0. The summed E-state index contributed by atoms with van der Waals surface area (Å²) in [7, 11) is -3.53. The van der Waals surface area contributed by atoms with E-state index in [1.807, 2.05) is 26.8 Å². The Bertz CT molecular complexity index is 1260. The van der Waals surface area contributed by atoms with Gasteiger partial charge in [0.1, 0.15) is 0 Å². The van der Waals surface area contributed by atoms with Crippen molar-refractivity contribution in [1.29, 1.82) is 0 Å². The molecule has 1 aliphatic rings. The number of amides is 1. The first kappa shape index (κ1) is 28.0. The van der Waals surface area contributed by atoms with Crippen molar-refractivity contribution in [3.05, 3.63) is 56.5 Å². The van der Waals surface area contributed by atoms with E-state index < -0.39 is 9.84 Å². The van der Waals surface area contributed by atoms with Crippen LogP contribution in [0.3, 0.4) is 0 Å². The van der Waals surface area contributed by atoms with E-state index in [-0.39, 0.29) is 28.7 Å². The van der Waals surface area contributed by atoms with E-state index in [1.165, 1.54) is 25.3 Å². The van der Waals surface area contributed by atoms with Gasteiger partial charge in [-0.3, -0.25) is 9.59 Å². The summed E-state index contributed by atoms with van der Waals surface area (Å²) < 4.78 is 25.8. The SMILES string of the molecule is CCN(c1cc(S(=O)(=O)CC)cc(C(=O)NCc2c(C)cc(C)[nH]c2=O)c1C)[C@H]1CC[C@H](CC)CC1. The fraction of sp³-hybridized carbons (Fsp3) is 0.571. The van der Waals surface area contributed by atoms with Gasteiger partial charge < -0.3 is 15.2 Å². The van der Waals surface area contributed by atoms with Crippen LogP contribution in [0.5, 0.6) is 0 Å². The number of H-pyrrole nitrogens is 1. The lowest BCUT2D eigenvalue weighted by Gasteiger charge is -2.39. The molecule has 0 unspecified atom stereocenters. The van der Waals surface area contributed by atoms with Gasteiger partial charge in [0.2, 0.25) is 0 Å². The van der Waals surface area contributed by atoms with E-state index >= 15 is 0 Å². The zero-order valence-electron chi connectivity index (χ0n) is 22.5. The van der Waals surface area contributed by atoms with Gasteiger partial charge >= 0.3 is 0 Å². The number of hydrogen-bond acceptors (Lipinski definition) is 5. The molecule has 7 nitrogen and oxygen atoms in total. The second-order valence-corrected chi connectivity index (χ2v) is 12.3. The Morgan fingerprint density at radius 1 is 1.06 bits per heavy atom. The first-order chi connectivity index (χ1) is 17.0. The maximum absolute atomic E-state index is 13.4. The Balaban J connectivity index is 1.99. The molecule has 36 heavy (non-hydrogen) atoms. The van der Waals surface area contributed by atoms with Crippen molar-refractivity contribution in [2.75, 3.05) is 17.2 Å². The quantitative estimate of drug-likeness (QED) is 0.499. The van der Waals surface area contributed by atoms with Gasteiger partial charge in [0.25, 0.3) is 11.5 Å². The highest BCUT2D eigenvalue weighted by Crippen LogP contribution is 2.35. The normalized spacial score (nSPS) is 18.2. The van der Waals surface area contributed by atoms with Gasteiger partial charge in [0.05, 0.1) is 10.6 Å². The average Bonchev–Trinajstić information content (AvgIpc) is 2.84. The Kier molecular flexibility index (Phi) is 9.03. The van der Waals surface area contributed by atoms with E-state index in [2.05, 4.69) is 29.0 Å². The van der Waals surface area contributed by atoms with Crippen LogP contribution in [0, 0.1) is 26.7 Å². The molecule has 2 aromatic rings. The summed E-state index contributed by atoms with van der Waals surface area (Å²) in [6.45, 7) is 12.3. The standard InChI is InChI=1S/C28H41N3O4S/c1-7-21-10-12-22(13-11-21)31(8-2)26-16-23(36(34,35)9-3)15-24(20(26)6)27(32)29-17-25-18(4)14-19(5)30-28(25)33/h14-16,21-22H,7-13,17H2,1-6H3,(H,29,32)(H,30,33)/t21-,22-. The van der Waals surface area contributed by atoms with Crippen molar-refractivity contribution in [1.82, 2.24) is 10.3 Å². The average molecular weight is 516 g/mol. The van der Waals surface area contributed by atoms with Gasteiger partial charge in [0, 0.05) is 41.6 Å². The highest BCUT2D eigenvalue weighted by atomic mass is 32.2. The summed E-state index contributed by atoms with van der Waals surface area (Å²) in [6.07, 6.45) is 5.65. The molecule has 0 atom stereocenters. The minimum Gasteiger partial charge on any atom is -0.369 e. The van der Waals surface area contributed by atoms with E-state index in [0.717, 1.165) is 47.8 Å². The number of pyridine rings is 1. The third kappa shape index (κ3) is 6.02. The summed E-state index contributed by atoms with van der Waals surface area (Å²) in [5.41, 5.74) is 3.73.